The van der Waals surface area contributed by atoms with Crippen LogP contribution in [0.3, 0.4) is 0 Å². The summed E-state index contributed by atoms with van der Waals surface area (Å²) in [6.07, 6.45) is 2.31. The number of anilines is 1. The van der Waals surface area contributed by atoms with Crippen molar-refractivity contribution >= 4 is 39.3 Å². The van der Waals surface area contributed by atoms with E-state index in [2.05, 4.69) is 25.9 Å². The number of amides is 1. The zero-order valence-electron chi connectivity index (χ0n) is 7.65. The van der Waals surface area contributed by atoms with Crippen molar-refractivity contribution in [3.8, 4) is 0 Å². The maximum Gasteiger partial charge on any atom is 0.240 e. The summed E-state index contributed by atoms with van der Waals surface area (Å²) in [6.45, 7) is 0.750. The lowest BCUT2D eigenvalue weighted by Crippen LogP contribution is -2.55. The zero-order chi connectivity index (χ0) is 11.0. The van der Waals surface area contributed by atoms with Gasteiger partial charge in [0.25, 0.3) is 0 Å². The average Bonchev–Trinajstić information content (AvgIpc) is 2.08. The van der Waals surface area contributed by atoms with Crippen LogP contribution in [-0.4, -0.2) is 28.5 Å². The van der Waals surface area contributed by atoms with E-state index in [-0.39, 0.29) is 17.2 Å². The molecule has 5 nitrogen and oxygen atoms in total. The lowest BCUT2D eigenvalue weighted by Gasteiger charge is -2.40. The smallest absolute Gasteiger partial charge is 0.240 e. The fourth-order valence-corrected chi connectivity index (χ4v) is 2.02. The van der Waals surface area contributed by atoms with Gasteiger partial charge < -0.3 is 10.6 Å². The Balaban J connectivity index is 2.30. The Hall–Kier alpha value is -0.880. The second-order valence-corrected chi connectivity index (χ2v) is 4.40. The third kappa shape index (κ3) is 1.91. The van der Waals surface area contributed by atoms with Gasteiger partial charge in [-0.2, -0.15) is 4.98 Å². The van der Waals surface area contributed by atoms with Gasteiger partial charge in [0, 0.05) is 12.7 Å². The zero-order valence-corrected chi connectivity index (χ0v) is 9.99. The Bertz CT molecular complexity index is 414. The van der Waals surface area contributed by atoms with Gasteiger partial charge in [-0.05, 0) is 34.0 Å². The highest BCUT2D eigenvalue weighted by molar-refractivity contribution is 9.10. The lowest BCUT2D eigenvalue weighted by molar-refractivity contribution is -0.120. The summed E-state index contributed by atoms with van der Waals surface area (Å²) in [6, 6.07) is -0.285. The quantitative estimate of drug-likeness (QED) is 0.824. The molecule has 1 saturated heterocycles. The van der Waals surface area contributed by atoms with Crippen LogP contribution >= 0.6 is 27.5 Å². The maximum absolute atomic E-state index is 11.1. The molecule has 2 rings (SSSR count). The van der Waals surface area contributed by atoms with Crippen LogP contribution in [0.4, 0.5) is 5.82 Å². The van der Waals surface area contributed by atoms with Gasteiger partial charge in [-0.15, -0.1) is 0 Å². The number of carbonyl (C=O) groups is 1. The highest BCUT2D eigenvalue weighted by Gasteiger charge is 2.34. The first-order valence-corrected chi connectivity index (χ1v) is 5.50. The third-order valence-corrected chi connectivity index (χ3v) is 3.06. The second-order valence-electron chi connectivity index (χ2n) is 3.21. The molecule has 1 aromatic heterocycles. The van der Waals surface area contributed by atoms with Gasteiger partial charge in [0.15, 0.2) is 0 Å². The van der Waals surface area contributed by atoms with Crippen LogP contribution in [0.15, 0.2) is 10.7 Å². The van der Waals surface area contributed by atoms with Crippen molar-refractivity contribution in [1.29, 1.82) is 0 Å². The van der Waals surface area contributed by atoms with Crippen LogP contribution < -0.4 is 10.6 Å². The summed E-state index contributed by atoms with van der Waals surface area (Å²) < 4.78 is 0.706. The van der Waals surface area contributed by atoms with Gasteiger partial charge in [0.05, 0.1) is 4.47 Å². The molecule has 1 aromatic rings. The van der Waals surface area contributed by atoms with Gasteiger partial charge in [-0.3, -0.25) is 4.79 Å². The van der Waals surface area contributed by atoms with Gasteiger partial charge >= 0.3 is 0 Å². The van der Waals surface area contributed by atoms with Crippen molar-refractivity contribution in [3.05, 3.63) is 16.0 Å². The summed E-state index contributed by atoms with van der Waals surface area (Å²) >= 11 is 8.99. The first kappa shape index (κ1) is 10.6. The summed E-state index contributed by atoms with van der Waals surface area (Å²) in [4.78, 5) is 20.7. The molecule has 1 aliphatic rings. The predicted octanol–water partition coefficient (Wildman–Crippen LogP) is 0.957. The lowest BCUT2D eigenvalue weighted by atomic mass is 10.0. The van der Waals surface area contributed by atoms with Crippen LogP contribution in [0.1, 0.15) is 6.42 Å². The van der Waals surface area contributed by atoms with Crippen molar-refractivity contribution in [3.63, 3.8) is 0 Å². The SMILES string of the molecule is NC(=O)C1CCN1c1nc(Cl)ncc1Br. The Morgan fingerprint density at radius 2 is 2.47 bits per heavy atom. The van der Waals surface area contributed by atoms with E-state index < -0.39 is 0 Å². The minimum absolute atomic E-state index is 0.156. The number of nitrogens with zero attached hydrogens (tertiary/aromatic N) is 3. The number of hydrogen-bond donors (Lipinski definition) is 1. The van der Waals surface area contributed by atoms with Crippen molar-refractivity contribution < 1.29 is 4.79 Å². The molecule has 1 atom stereocenters. The number of hydrogen-bond acceptors (Lipinski definition) is 4. The molecule has 1 unspecified atom stereocenters. The van der Waals surface area contributed by atoms with Crippen LogP contribution in [0.25, 0.3) is 0 Å². The third-order valence-electron chi connectivity index (χ3n) is 2.32. The van der Waals surface area contributed by atoms with Crippen LogP contribution in [0.2, 0.25) is 5.28 Å². The van der Waals surface area contributed by atoms with E-state index in [9.17, 15) is 4.79 Å². The Kier molecular flexibility index (Phi) is 2.79. The molecule has 2 heterocycles. The molecule has 80 valence electrons. The molecule has 1 amide bonds. The van der Waals surface area contributed by atoms with Gasteiger partial charge in [0.1, 0.15) is 11.9 Å². The molecule has 15 heavy (non-hydrogen) atoms. The van der Waals surface area contributed by atoms with Crippen molar-refractivity contribution in [2.45, 2.75) is 12.5 Å². The summed E-state index contributed by atoms with van der Waals surface area (Å²) in [5.74, 6) is 0.271. The first-order chi connectivity index (χ1) is 7.09. The standard InChI is InChI=1S/C8H8BrClN4O/c9-4-3-12-8(10)13-7(4)14-2-1-5(14)6(11)15/h3,5H,1-2H2,(H2,11,15). The molecule has 0 radical (unpaired) electrons. The number of halogens is 2. The Labute approximate surface area is 99.8 Å². The van der Waals surface area contributed by atoms with Gasteiger partial charge in [-0.1, -0.05) is 0 Å². The van der Waals surface area contributed by atoms with E-state index >= 15 is 0 Å². The monoisotopic (exact) mass is 290 g/mol. The molecule has 0 aliphatic carbocycles. The summed E-state index contributed by atoms with van der Waals surface area (Å²) in [5.41, 5.74) is 5.24. The molecule has 2 N–H and O–H groups in total. The van der Waals surface area contributed by atoms with E-state index in [0.29, 0.717) is 10.3 Å². The molecule has 0 aromatic carbocycles. The first-order valence-electron chi connectivity index (χ1n) is 4.33. The van der Waals surface area contributed by atoms with Crippen LogP contribution in [0, 0.1) is 0 Å². The van der Waals surface area contributed by atoms with Crippen LogP contribution in [0.5, 0.6) is 0 Å². The number of aromatic nitrogens is 2. The largest absolute Gasteiger partial charge is 0.368 e. The highest BCUT2D eigenvalue weighted by atomic mass is 79.9. The fraction of sp³-hybridized carbons (Fsp3) is 0.375. The number of carbonyl (C=O) groups excluding carboxylic acids is 1. The van der Waals surface area contributed by atoms with Gasteiger partial charge in [0.2, 0.25) is 11.2 Å². The molecule has 1 aliphatic heterocycles. The Morgan fingerprint density at radius 3 is 3.00 bits per heavy atom. The van der Waals surface area contributed by atoms with Crippen LogP contribution in [-0.2, 0) is 4.79 Å². The number of primary amides is 1. The van der Waals surface area contributed by atoms with E-state index in [1.807, 2.05) is 0 Å². The molecular formula is C8H8BrClN4O. The van der Waals surface area contributed by atoms with E-state index in [1.165, 1.54) is 0 Å². The molecule has 0 spiro atoms. The number of rotatable bonds is 2. The van der Waals surface area contributed by atoms with Crippen molar-refractivity contribution in [1.82, 2.24) is 9.97 Å². The minimum atomic E-state index is -0.345. The van der Waals surface area contributed by atoms with E-state index in [1.54, 1.807) is 11.1 Å². The minimum Gasteiger partial charge on any atom is -0.368 e. The molecule has 7 heteroatoms. The maximum atomic E-state index is 11.1. The molecule has 0 bridgehead atoms. The topological polar surface area (TPSA) is 72.1 Å². The second kappa shape index (κ2) is 3.94. The average molecular weight is 292 g/mol. The number of nitrogens with two attached hydrogens (primary N) is 1. The highest BCUT2D eigenvalue weighted by Crippen LogP contribution is 2.31. The van der Waals surface area contributed by atoms with E-state index in [0.717, 1.165) is 13.0 Å². The molecular weight excluding hydrogens is 283 g/mol. The normalized spacial score (nSPS) is 19.9. The van der Waals surface area contributed by atoms with Gasteiger partial charge in [-0.25, -0.2) is 4.98 Å². The summed E-state index contributed by atoms with van der Waals surface area (Å²) in [7, 11) is 0. The molecule has 0 saturated carbocycles. The van der Waals surface area contributed by atoms with E-state index in [4.69, 9.17) is 17.3 Å². The van der Waals surface area contributed by atoms with Crippen molar-refractivity contribution in [2.75, 3.05) is 11.4 Å². The predicted molar refractivity (Wildman–Crippen MR) is 59.7 cm³/mol. The Morgan fingerprint density at radius 1 is 1.73 bits per heavy atom. The molecule has 1 fully saturated rings. The fourth-order valence-electron chi connectivity index (χ4n) is 1.48. The van der Waals surface area contributed by atoms with Crippen molar-refractivity contribution in [2.24, 2.45) is 5.73 Å². The summed E-state index contributed by atoms with van der Waals surface area (Å²) in [5, 5.41) is 0.156.